The summed E-state index contributed by atoms with van der Waals surface area (Å²) in [6.07, 6.45) is 3.43. The third kappa shape index (κ3) is 10.3. The number of aromatic amines is 1. The van der Waals surface area contributed by atoms with Gasteiger partial charge in [0.05, 0.1) is 19.0 Å². The number of aliphatic carboxylic acids is 1. The number of alkyl halides is 3. The highest BCUT2D eigenvalue weighted by atomic mass is 19.4. The van der Waals surface area contributed by atoms with E-state index in [-0.39, 0.29) is 17.9 Å². The van der Waals surface area contributed by atoms with E-state index in [4.69, 9.17) is 25.4 Å². The first-order valence-electron chi connectivity index (χ1n) is 14.2. The van der Waals surface area contributed by atoms with Crippen molar-refractivity contribution >= 4 is 40.5 Å². The molecule has 0 spiro atoms. The average molecular weight is 609 g/mol. The van der Waals surface area contributed by atoms with Crippen molar-refractivity contribution in [3.63, 3.8) is 0 Å². The molecule has 236 valence electrons. The van der Waals surface area contributed by atoms with Gasteiger partial charge in [0.1, 0.15) is 11.3 Å². The number of carbonyl (C=O) groups is 2. The highest BCUT2D eigenvalue weighted by molar-refractivity contribution is 5.84. The number of nitrogens with one attached hydrogen (secondary N) is 4. The Morgan fingerprint density at radius 3 is 2.49 bits per heavy atom. The minimum Gasteiger partial charge on any atom is -0.494 e. The number of nitrogens with two attached hydrogens (primary N) is 1. The van der Waals surface area contributed by atoms with Crippen molar-refractivity contribution in [2.75, 3.05) is 23.8 Å². The second-order valence-corrected chi connectivity index (χ2v) is 10.7. The number of aryl methyl sites for hydroxylation is 1. The van der Waals surface area contributed by atoms with Gasteiger partial charge in [0.25, 0.3) is 0 Å². The molecule has 2 aromatic heterocycles. The molecular weight excluding hydrogens is 569 g/mol. The summed E-state index contributed by atoms with van der Waals surface area (Å²) < 4.78 is 37.6. The molecule has 3 aromatic rings. The number of aromatic nitrogens is 4. The molecule has 1 aliphatic rings. The van der Waals surface area contributed by atoms with E-state index in [1.54, 1.807) is 6.33 Å². The molecule has 2 heterocycles. The smallest absolute Gasteiger partial charge is 0.490 e. The van der Waals surface area contributed by atoms with Crippen LogP contribution in [0.4, 0.5) is 30.6 Å². The number of carbonyl (C=O) groups excluding carboxylic acids is 1. The predicted octanol–water partition coefficient (Wildman–Crippen LogP) is 4.65. The minimum atomic E-state index is -5.08. The molecule has 15 heteroatoms. The van der Waals surface area contributed by atoms with E-state index in [1.807, 2.05) is 39.0 Å². The first-order chi connectivity index (χ1) is 20.3. The maximum atomic E-state index is 11.5. The van der Waals surface area contributed by atoms with Crippen LogP contribution in [0.2, 0.25) is 0 Å². The Balaban J connectivity index is 0.000000646. The standard InChI is InChI=1S/C26H38N8O2.C2HF3O2/c1-16(2)21(23(27)35)28-12-7-13-36-19-10-11-20(17(3)14-19)32-26-33-24-22(29-15-30-24)25(34-26)31-18-8-5-4-6-9-18;3-2(4,5)1(6)7/h10-11,14-16,18,21,28H,4-9,12-13H2,1-3H3,(H2,27,35)(H3,29,30,31,32,33,34);(H,6,7)/t21-;/m0./s1. The molecule has 1 amide bonds. The molecule has 43 heavy (non-hydrogen) atoms. The molecule has 0 saturated heterocycles. The molecular formula is C28H39F3N8O4. The Morgan fingerprint density at radius 1 is 1.19 bits per heavy atom. The van der Waals surface area contributed by atoms with Crippen molar-refractivity contribution in [2.45, 2.75) is 77.6 Å². The number of imidazole rings is 1. The van der Waals surface area contributed by atoms with E-state index in [2.05, 4.69) is 30.9 Å². The molecule has 1 aliphatic carbocycles. The Bertz CT molecular complexity index is 1360. The summed E-state index contributed by atoms with van der Waals surface area (Å²) in [5.41, 5.74) is 8.84. The van der Waals surface area contributed by atoms with Crippen LogP contribution in [0.25, 0.3) is 11.2 Å². The number of rotatable bonds is 12. The van der Waals surface area contributed by atoms with Crippen molar-refractivity contribution in [1.82, 2.24) is 25.3 Å². The average Bonchev–Trinajstić information content (AvgIpc) is 3.41. The Kier molecular flexibility index (Phi) is 11.9. The molecule has 1 fully saturated rings. The van der Waals surface area contributed by atoms with E-state index >= 15 is 0 Å². The van der Waals surface area contributed by atoms with Crippen LogP contribution in [0.5, 0.6) is 5.75 Å². The summed E-state index contributed by atoms with van der Waals surface area (Å²) in [7, 11) is 0. The van der Waals surface area contributed by atoms with Gasteiger partial charge in [-0.1, -0.05) is 33.1 Å². The molecule has 0 aliphatic heterocycles. The van der Waals surface area contributed by atoms with Crippen LogP contribution in [-0.2, 0) is 9.59 Å². The highest BCUT2D eigenvalue weighted by Gasteiger charge is 2.38. The number of carboxylic acid groups (broad SMARTS) is 1. The fourth-order valence-corrected chi connectivity index (χ4v) is 4.60. The molecule has 0 radical (unpaired) electrons. The maximum Gasteiger partial charge on any atom is 0.490 e. The van der Waals surface area contributed by atoms with Gasteiger partial charge in [-0.3, -0.25) is 4.79 Å². The van der Waals surface area contributed by atoms with E-state index in [1.165, 1.54) is 19.3 Å². The SMILES string of the molecule is Cc1cc(OCCCN[C@H](C(N)=O)C(C)C)ccc1Nc1nc(NC2CCCCC2)c2nc[nH]c2n1.O=C(O)C(F)(F)F. The second kappa shape index (κ2) is 15.4. The van der Waals surface area contributed by atoms with Crippen molar-refractivity contribution in [2.24, 2.45) is 11.7 Å². The minimum absolute atomic E-state index is 0.156. The number of H-pyrrole nitrogens is 1. The fourth-order valence-electron chi connectivity index (χ4n) is 4.60. The summed E-state index contributed by atoms with van der Waals surface area (Å²) in [5.74, 6) is -0.856. The summed E-state index contributed by atoms with van der Waals surface area (Å²) in [5, 5.41) is 17.3. The lowest BCUT2D eigenvalue weighted by Gasteiger charge is -2.23. The number of benzene rings is 1. The van der Waals surface area contributed by atoms with Crippen LogP contribution < -0.4 is 26.4 Å². The monoisotopic (exact) mass is 608 g/mol. The summed E-state index contributed by atoms with van der Waals surface area (Å²) >= 11 is 0. The number of amides is 1. The number of hydrogen-bond donors (Lipinski definition) is 6. The summed E-state index contributed by atoms with van der Waals surface area (Å²) in [6.45, 7) is 7.17. The van der Waals surface area contributed by atoms with Crippen LogP contribution in [0, 0.1) is 12.8 Å². The highest BCUT2D eigenvalue weighted by Crippen LogP contribution is 2.28. The molecule has 1 saturated carbocycles. The van der Waals surface area contributed by atoms with Gasteiger partial charge in [-0.05, 0) is 62.4 Å². The largest absolute Gasteiger partial charge is 0.494 e. The number of nitrogens with zero attached hydrogens (tertiary/aromatic N) is 3. The molecule has 0 bridgehead atoms. The van der Waals surface area contributed by atoms with Gasteiger partial charge in [0, 0.05) is 11.7 Å². The molecule has 12 nitrogen and oxygen atoms in total. The van der Waals surface area contributed by atoms with E-state index in [0.717, 1.165) is 47.6 Å². The molecule has 7 N–H and O–H groups in total. The van der Waals surface area contributed by atoms with Crippen LogP contribution in [0.15, 0.2) is 24.5 Å². The quantitative estimate of drug-likeness (QED) is 0.158. The summed E-state index contributed by atoms with van der Waals surface area (Å²) in [4.78, 5) is 37.3. The third-order valence-electron chi connectivity index (χ3n) is 6.84. The lowest BCUT2D eigenvalue weighted by atomic mass is 9.95. The van der Waals surface area contributed by atoms with Crippen LogP contribution >= 0.6 is 0 Å². The normalized spacial score (nSPS) is 14.6. The van der Waals surface area contributed by atoms with Gasteiger partial charge in [-0.2, -0.15) is 23.1 Å². The predicted molar refractivity (Wildman–Crippen MR) is 156 cm³/mol. The van der Waals surface area contributed by atoms with Crippen molar-refractivity contribution in [1.29, 1.82) is 0 Å². The van der Waals surface area contributed by atoms with Crippen molar-refractivity contribution in [3.05, 3.63) is 30.1 Å². The lowest BCUT2D eigenvalue weighted by molar-refractivity contribution is -0.192. The second-order valence-electron chi connectivity index (χ2n) is 10.7. The van der Waals surface area contributed by atoms with Gasteiger partial charge >= 0.3 is 12.1 Å². The van der Waals surface area contributed by atoms with Gasteiger partial charge in [-0.25, -0.2) is 9.78 Å². The third-order valence-corrected chi connectivity index (χ3v) is 6.84. The molecule has 0 unspecified atom stereocenters. The van der Waals surface area contributed by atoms with Gasteiger partial charge in [0.15, 0.2) is 11.5 Å². The van der Waals surface area contributed by atoms with E-state index < -0.39 is 12.1 Å². The molecule has 1 aromatic carbocycles. The maximum absolute atomic E-state index is 11.5. The van der Waals surface area contributed by atoms with Gasteiger partial charge in [-0.15, -0.1) is 0 Å². The number of carboxylic acids is 1. The summed E-state index contributed by atoms with van der Waals surface area (Å²) in [6, 6.07) is 5.99. The number of halogens is 3. The van der Waals surface area contributed by atoms with Crippen LogP contribution in [0.1, 0.15) is 57.9 Å². The van der Waals surface area contributed by atoms with Crippen LogP contribution in [0.3, 0.4) is 0 Å². The topological polar surface area (TPSA) is 180 Å². The zero-order valence-corrected chi connectivity index (χ0v) is 24.4. The van der Waals surface area contributed by atoms with Crippen molar-refractivity contribution in [3.8, 4) is 5.75 Å². The van der Waals surface area contributed by atoms with E-state index in [0.29, 0.717) is 30.8 Å². The zero-order chi connectivity index (χ0) is 31.6. The number of fused-ring (bicyclic) bond motifs is 1. The Morgan fingerprint density at radius 2 is 1.88 bits per heavy atom. The number of ether oxygens (including phenoxy) is 1. The molecule has 1 atom stereocenters. The van der Waals surface area contributed by atoms with Gasteiger partial charge in [0.2, 0.25) is 11.9 Å². The Labute approximate surface area is 247 Å². The number of hydrogen-bond acceptors (Lipinski definition) is 9. The first kappa shape index (κ1) is 33.4. The Hall–Kier alpha value is -4.14. The van der Waals surface area contributed by atoms with E-state index in [9.17, 15) is 18.0 Å². The first-order valence-corrected chi connectivity index (χ1v) is 14.2. The fraction of sp³-hybridized carbons (Fsp3) is 0.536. The molecule has 4 rings (SSSR count). The number of primary amides is 1. The lowest BCUT2D eigenvalue weighted by Crippen LogP contribution is -2.45. The zero-order valence-electron chi connectivity index (χ0n) is 24.4. The number of anilines is 3. The van der Waals surface area contributed by atoms with Gasteiger partial charge < -0.3 is 36.5 Å². The van der Waals surface area contributed by atoms with Crippen molar-refractivity contribution < 1.29 is 32.6 Å². The van der Waals surface area contributed by atoms with Crippen LogP contribution in [-0.4, -0.2) is 68.3 Å².